The fourth-order valence-electron chi connectivity index (χ4n) is 1.71. The molecule has 1 aromatic rings. The van der Waals surface area contributed by atoms with Gasteiger partial charge < -0.3 is 15.8 Å². The number of alkyl halides is 2. The molecule has 4 nitrogen and oxygen atoms in total. The van der Waals surface area contributed by atoms with Crippen LogP contribution in [0.15, 0.2) is 12.3 Å². The van der Waals surface area contributed by atoms with Crippen LogP contribution in [-0.2, 0) is 4.74 Å². The summed E-state index contributed by atoms with van der Waals surface area (Å²) < 4.78 is 28.7. The Morgan fingerprint density at radius 2 is 2.22 bits per heavy atom. The number of rotatable bonds is 7. The highest BCUT2D eigenvalue weighted by Gasteiger charge is 2.14. The molecule has 0 amide bonds. The van der Waals surface area contributed by atoms with E-state index in [-0.39, 0.29) is 12.6 Å². The lowest BCUT2D eigenvalue weighted by atomic mass is 10.0. The van der Waals surface area contributed by atoms with Crippen molar-refractivity contribution in [1.82, 2.24) is 10.3 Å². The van der Waals surface area contributed by atoms with E-state index in [2.05, 4.69) is 10.3 Å². The van der Waals surface area contributed by atoms with Crippen LogP contribution in [0.2, 0.25) is 0 Å². The molecule has 0 aliphatic rings. The van der Waals surface area contributed by atoms with Crippen molar-refractivity contribution in [3.63, 3.8) is 0 Å². The summed E-state index contributed by atoms with van der Waals surface area (Å²) in [4.78, 5) is 4.08. The Morgan fingerprint density at radius 1 is 1.50 bits per heavy atom. The molecule has 0 saturated heterocycles. The average Bonchev–Trinajstić information content (AvgIpc) is 2.33. The van der Waals surface area contributed by atoms with E-state index in [1.807, 2.05) is 13.0 Å². The SMILES string of the molecule is CNC(CCOCC(F)F)c1cc(C)cnc1N. The number of nitrogens with zero attached hydrogens (tertiary/aromatic N) is 1. The third kappa shape index (κ3) is 4.54. The smallest absolute Gasteiger partial charge is 0.261 e. The van der Waals surface area contributed by atoms with E-state index in [4.69, 9.17) is 10.5 Å². The Kier molecular flexibility index (Phi) is 5.94. The maximum atomic E-state index is 11.9. The second kappa shape index (κ2) is 7.23. The minimum absolute atomic E-state index is 0.0462. The van der Waals surface area contributed by atoms with Gasteiger partial charge in [-0.25, -0.2) is 13.8 Å². The lowest BCUT2D eigenvalue weighted by Gasteiger charge is -2.18. The number of hydrogen-bond donors (Lipinski definition) is 2. The molecule has 3 N–H and O–H groups in total. The molecule has 6 heteroatoms. The van der Waals surface area contributed by atoms with Gasteiger partial charge in [-0.05, 0) is 32.0 Å². The maximum Gasteiger partial charge on any atom is 0.261 e. The largest absolute Gasteiger partial charge is 0.383 e. The van der Waals surface area contributed by atoms with Gasteiger partial charge in [-0.2, -0.15) is 0 Å². The highest BCUT2D eigenvalue weighted by molar-refractivity contribution is 5.42. The summed E-state index contributed by atoms with van der Waals surface area (Å²) in [6.45, 7) is 1.65. The van der Waals surface area contributed by atoms with Crippen LogP contribution in [-0.4, -0.2) is 31.7 Å². The molecular weight excluding hydrogens is 240 g/mol. The average molecular weight is 259 g/mol. The minimum atomic E-state index is -2.43. The summed E-state index contributed by atoms with van der Waals surface area (Å²) in [6, 6.07) is 1.89. The van der Waals surface area contributed by atoms with Crippen molar-refractivity contribution in [2.24, 2.45) is 0 Å². The van der Waals surface area contributed by atoms with E-state index >= 15 is 0 Å². The summed E-state index contributed by atoms with van der Waals surface area (Å²) in [5.74, 6) is 0.453. The minimum Gasteiger partial charge on any atom is -0.383 e. The number of halogens is 2. The molecule has 0 spiro atoms. The molecule has 0 aromatic carbocycles. The molecule has 0 radical (unpaired) electrons. The Labute approximate surface area is 106 Å². The van der Waals surface area contributed by atoms with Crippen molar-refractivity contribution in [1.29, 1.82) is 0 Å². The summed E-state index contributed by atoms with van der Waals surface area (Å²) in [6.07, 6.45) is -0.166. The number of ether oxygens (including phenoxy) is 1. The summed E-state index contributed by atoms with van der Waals surface area (Å²) >= 11 is 0. The van der Waals surface area contributed by atoms with Gasteiger partial charge >= 0.3 is 0 Å². The number of nitrogens with one attached hydrogen (secondary N) is 1. The maximum absolute atomic E-state index is 11.9. The Morgan fingerprint density at radius 3 is 2.83 bits per heavy atom. The Bertz CT molecular complexity index is 374. The van der Waals surface area contributed by atoms with Crippen LogP contribution in [0.25, 0.3) is 0 Å². The van der Waals surface area contributed by atoms with Crippen molar-refractivity contribution < 1.29 is 13.5 Å². The molecule has 18 heavy (non-hydrogen) atoms. The number of aryl methyl sites for hydroxylation is 1. The number of nitrogen functional groups attached to an aromatic ring is 1. The fourth-order valence-corrected chi connectivity index (χ4v) is 1.71. The first kappa shape index (κ1) is 14.8. The van der Waals surface area contributed by atoms with Gasteiger partial charge in [0.05, 0.1) is 0 Å². The van der Waals surface area contributed by atoms with Crippen molar-refractivity contribution in [3.8, 4) is 0 Å². The predicted molar refractivity (Wildman–Crippen MR) is 66.6 cm³/mol. The second-order valence-electron chi connectivity index (χ2n) is 4.08. The zero-order valence-electron chi connectivity index (χ0n) is 10.6. The van der Waals surface area contributed by atoms with Gasteiger partial charge in [0.25, 0.3) is 6.43 Å². The van der Waals surface area contributed by atoms with Gasteiger partial charge in [-0.1, -0.05) is 0 Å². The third-order valence-electron chi connectivity index (χ3n) is 2.60. The van der Waals surface area contributed by atoms with Crippen molar-refractivity contribution in [2.45, 2.75) is 25.8 Å². The van der Waals surface area contributed by atoms with Gasteiger partial charge in [0.15, 0.2) is 0 Å². The van der Waals surface area contributed by atoms with Gasteiger partial charge in [-0.3, -0.25) is 0 Å². The van der Waals surface area contributed by atoms with Crippen LogP contribution in [0.4, 0.5) is 14.6 Å². The highest BCUT2D eigenvalue weighted by Crippen LogP contribution is 2.22. The molecule has 0 saturated carbocycles. The van der Waals surface area contributed by atoms with Crippen LogP contribution in [0.5, 0.6) is 0 Å². The fraction of sp³-hybridized carbons (Fsp3) is 0.583. The topological polar surface area (TPSA) is 60.2 Å². The number of anilines is 1. The lowest BCUT2D eigenvalue weighted by Crippen LogP contribution is -2.21. The van der Waals surface area contributed by atoms with E-state index in [1.54, 1.807) is 13.2 Å². The first-order chi connectivity index (χ1) is 8.54. The van der Waals surface area contributed by atoms with Crippen LogP contribution >= 0.6 is 0 Å². The molecule has 0 bridgehead atoms. The van der Waals surface area contributed by atoms with Gasteiger partial charge in [0.2, 0.25) is 0 Å². The second-order valence-corrected chi connectivity index (χ2v) is 4.08. The van der Waals surface area contributed by atoms with Crippen LogP contribution < -0.4 is 11.1 Å². The van der Waals surface area contributed by atoms with E-state index in [9.17, 15) is 8.78 Å². The molecule has 1 atom stereocenters. The molecule has 1 heterocycles. The van der Waals surface area contributed by atoms with Gasteiger partial charge in [0.1, 0.15) is 12.4 Å². The molecular formula is C12H19F2N3O. The first-order valence-corrected chi connectivity index (χ1v) is 5.79. The number of hydrogen-bond acceptors (Lipinski definition) is 4. The molecule has 0 aliphatic carbocycles. The lowest BCUT2D eigenvalue weighted by molar-refractivity contribution is 0.0145. The summed E-state index contributed by atoms with van der Waals surface area (Å²) in [5.41, 5.74) is 7.69. The summed E-state index contributed by atoms with van der Waals surface area (Å²) in [7, 11) is 1.79. The molecule has 102 valence electrons. The first-order valence-electron chi connectivity index (χ1n) is 5.79. The standard InChI is InChI=1S/C12H19F2N3O/c1-8-5-9(12(15)17-6-8)10(16-2)3-4-18-7-11(13)14/h5-6,10-11,16H,3-4,7H2,1-2H3,(H2,15,17). The van der Waals surface area contributed by atoms with E-state index < -0.39 is 13.0 Å². The quantitative estimate of drug-likeness (QED) is 0.734. The molecule has 1 rings (SSSR count). The zero-order chi connectivity index (χ0) is 13.5. The molecule has 0 aliphatic heterocycles. The molecule has 0 fully saturated rings. The van der Waals surface area contributed by atoms with Crippen molar-refractivity contribution >= 4 is 5.82 Å². The number of pyridine rings is 1. The van der Waals surface area contributed by atoms with Crippen LogP contribution in [0.1, 0.15) is 23.6 Å². The predicted octanol–water partition coefficient (Wildman–Crippen LogP) is 1.90. The zero-order valence-corrected chi connectivity index (χ0v) is 10.6. The third-order valence-corrected chi connectivity index (χ3v) is 2.60. The van der Waals surface area contributed by atoms with Crippen molar-refractivity contribution in [3.05, 3.63) is 23.4 Å². The Balaban J connectivity index is 2.57. The van der Waals surface area contributed by atoms with Gasteiger partial charge in [-0.15, -0.1) is 0 Å². The van der Waals surface area contributed by atoms with Crippen LogP contribution in [0.3, 0.4) is 0 Å². The van der Waals surface area contributed by atoms with Gasteiger partial charge in [0, 0.05) is 24.4 Å². The van der Waals surface area contributed by atoms with E-state index in [0.717, 1.165) is 11.1 Å². The molecule has 1 aromatic heterocycles. The molecule has 1 unspecified atom stereocenters. The Hall–Kier alpha value is -1.27. The number of aromatic nitrogens is 1. The van der Waals surface area contributed by atoms with E-state index in [0.29, 0.717) is 12.2 Å². The number of nitrogens with two attached hydrogens (primary N) is 1. The summed E-state index contributed by atoms with van der Waals surface area (Å²) in [5, 5.41) is 3.09. The van der Waals surface area contributed by atoms with Crippen molar-refractivity contribution in [2.75, 3.05) is 26.0 Å². The van der Waals surface area contributed by atoms with E-state index in [1.165, 1.54) is 0 Å². The van der Waals surface area contributed by atoms with Crippen LogP contribution in [0, 0.1) is 6.92 Å². The normalized spacial score (nSPS) is 12.9. The monoisotopic (exact) mass is 259 g/mol. The highest BCUT2D eigenvalue weighted by atomic mass is 19.3.